The second-order valence-corrected chi connectivity index (χ2v) is 12.3. The molecule has 0 spiro atoms. The van der Waals surface area contributed by atoms with Crippen LogP contribution in [0, 0.1) is 5.92 Å². The van der Waals surface area contributed by atoms with Crippen LogP contribution < -0.4 is 16.1 Å². The van der Waals surface area contributed by atoms with Gasteiger partial charge in [-0.05, 0) is 32.8 Å². The van der Waals surface area contributed by atoms with Crippen LogP contribution in [-0.2, 0) is 41.3 Å². The van der Waals surface area contributed by atoms with Crippen LogP contribution in [0.25, 0.3) is 11.2 Å². The number of nitrogens with one attached hydrogen (secondary N) is 1. The minimum Gasteiger partial charge on any atom is -0.582 e. The van der Waals surface area contributed by atoms with Gasteiger partial charge in [0.15, 0.2) is 11.5 Å². The number of hydrogen-bond acceptors (Lipinski definition) is 12. The van der Waals surface area contributed by atoms with Crippen LogP contribution in [0.15, 0.2) is 47.8 Å². The van der Waals surface area contributed by atoms with Crippen molar-refractivity contribution in [3.63, 3.8) is 0 Å². The first kappa shape index (κ1) is 36.9. The van der Waals surface area contributed by atoms with Crippen molar-refractivity contribution in [3.05, 3.63) is 48.5 Å². The fourth-order valence-corrected chi connectivity index (χ4v) is 5.23. The highest BCUT2D eigenvalue weighted by molar-refractivity contribution is 7.33. The molecule has 3 rings (SSSR count). The van der Waals surface area contributed by atoms with Gasteiger partial charge in [-0.1, -0.05) is 63.4 Å². The van der Waals surface area contributed by atoms with Crippen molar-refractivity contribution < 1.29 is 33.2 Å². The van der Waals surface area contributed by atoms with Gasteiger partial charge in [-0.15, -0.1) is 4.52 Å². The summed E-state index contributed by atoms with van der Waals surface area (Å²) in [5.74, 6) is -1.40. The molecule has 4 atom stereocenters. The third-order valence-electron chi connectivity index (χ3n) is 6.98. The highest BCUT2D eigenvalue weighted by Crippen LogP contribution is 2.32. The highest BCUT2D eigenvalue weighted by atomic mass is 31.1. The number of unbranched alkanes of at least 4 members (excludes halogenated alkanes) is 3. The molecule has 0 bridgehead atoms. The number of benzene rings is 1. The number of carbonyl (C=O) groups excluding carboxylic acids is 2. The molecule has 46 heavy (non-hydrogen) atoms. The number of anilines is 1. The quantitative estimate of drug-likeness (QED) is 0.0772. The Kier molecular flexibility index (Phi) is 14.9. The molecule has 0 aliphatic carbocycles. The predicted octanol–water partition coefficient (Wildman–Crippen LogP) is 3.88. The first-order valence-electron chi connectivity index (χ1n) is 15.6. The molecule has 0 saturated heterocycles. The smallest absolute Gasteiger partial charge is 0.361 e. The van der Waals surface area contributed by atoms with E-state index in [-0.39, 0.29) is 31.4 Å². The highest BCUT2D eigenvalue weighted by Gasteiger charge is 2.48. The molecule has 0 amide bonds. The van der Waals surface area contributed by atoms with E-state index in [1.165, 1.54) is 6.33 Å². The van der Waals surface area contributed by atoms with Gasteiger partial charge >= 0.3 is 20.1 Å². The maximum Gasteiger partial charge on any atom is 0.361 e. The van der Waals surface area contributed by atoms with Gasteiger partial charge in [0, 0.05) is 17.8 Å². The summed E-state index contributed by atoms with van der Waals surface area (Å²) in [6.45, 7) is 9.48. The second kappa shape index (κ2) is 18.6. The van der Waals surface area contributed by atoms with Crippen LogP contribution in [0.2, 0.25) is 0 Å². The third kappa shape index (κ3) is 11.4. The van der Waals surface area contributed by atoms with Crippen molar-refractivity contribution in [1.29, 1.82) is 0 Å². The average molecular weight is 660 g/mol. The summed E-state index contributed by atoms with van der Waals surface area (Å²) < 4.78 is 24.8. The summed E-state index contributed by atoms with van der Waals surface area (Å²) in [5.41, 5.74) is 8.50. The van der Waals surface area contributed by atoms with Crippen molar-refractivity contribution in [2.24, 2.45) is 10.8 Å². The maximum atomic E-state index is 13.7. The Morgan fingerprint density at radius 2 is 1.87 bits per heavy atom. The summed E-state index contributed by atoms with van der Waals surface area (Å²) >= 11 is 0. The van der Waals surface area contributed by atoms with E-state index in [0.717, 1.165) is 31.2 Å². The summed E-state index contributed by atoms with van der Waals surface area (Å²) in [6.07, 6.45) is 5.99. The zero-order valence-corrected chi connectivity index (χ0v) is 28.2. The Hall–Kier alpha value is -3.55. The van der Waals surface area contributed by atoms with Gasteiger partial charge in [0.2, 0.25) is 5.60 Å². The predicted molar refractivity (Wildman–Crippen MR) is 172 cm³/mol. The van der Waals surface area contributed by atoms with Gasteiger partial charge in [0.05, 0.1) is 44.2 Å². The minimum atomic E-state index is -2.80. The number of imidazole rings is 1. The largest absolute Gasteiger partial charge is 0.582 e. The number of aromatic nitrogens is 4. The zero-order valence-electron chi connectivity index (χ0n) is 27.3. The number of nitrogens with zero attached hydrogens (tertiary/aromatic N) is 5. The van der Waals surface area contributed by atoms with E-state index >= 15 is 0 Å². The molecule has 0 radical (unpaired) electrons. The minimum absolute atomic E-state index is 0.00122. The molecule has 3 aromatic rings. The Balaban J connectivity index is 1.75. The number of fused-ring (bicyclic) bond motifs is 1. The molecule has 2 heterocycles. The molecule has 3 N–H and O–H groups in total. The van der Waals surface area contributed by atoms with Crippen LogP contribution in [0.3, 0.4) is 0 Å². The van der Waals surface area contributed by atoms with E-state index < -0.39 is 37.9 Å². The Morgan fingerprint density at radius 1 is 1.11 bits per heavy atom. The number of hydrogen-bond donors (Lipinski definition) is 2. The normalized spacial score (nSPS) is 14.6. The van der Waals surface area contributed by atoms with E-state index in [0.29, 0.717) is 24.3 Å². The standard InChI is InChI=1S/C31H46N7O7P/c1-6-7-8-12-15-42-29(39)23(4)17-36-37-46(41)45-31(30(40)44-22(2)3,16-25-13-10-9-11-14-25)19-43-24(5)18-38-21-35-26-27(32)33-20-34-28(26)38/h9-11,13-14,20-24,36H,6-8,12,15-19H2,1-5H3,(H2,32,33,34)/t23?,24-,31+/m1/s1. The van der Waals surface area contributed by atoms with E-state index in [9.17, 15) is 14.5 Å². The van der Waals surface area contributed by atoms with Crippen molar-refractivity contribution >= 4 is 37.1 Å². The second-order valence-electron chi connectivity index (χ2n) is 11.5. The molecular formula is C31H46N7O7P. The average Bonchev–Trinajstić information content (AvgIpc) is 3.43. The third-order valence-corrected chi connectivity index (χ3v) is 7.79. The number of nitrogens with two attached hydrogens (primary N) is 1. The zero-order chi connectivity index (χ0) is 33.5. The number of rotatable bonds is 20. The fraction of sp³-hybridized carbons (Fsp3) is 0.581. The SMILES string of the molecule is CCCCCCOC(=O)C(C)CN/N=[P+](\[O-])O[C@](CO[C@H](C)Cn1cnc2c(N)ncnc21)(Cc1ccccc1)C(=O)OC(C)C. The summed E-state index contributed by atoms with van der Waals surface area (Å²) in [7, 11) is -2.80. The number of ether oxygens (including phenoxy) is 3. The van der Waals surface area contributed by atoms with Gasteiger partial charge in [-0.25, -0.2) is 19.7 Å². The first-order valence-corrected chi connectivity index (χ1v) is 16.7. The maximum absolute atomic E-state index is 13.7. The molecule has 1 aromatic carbocycles. The molecule has 0 fully saturated rings. The number of nitrogen functional groups attached to an aromatic ring is 1. The summed E-state index contributed by atoms with van der Waals surface area (Å²) in [5, 5.41) is 0. The Morgan fingerprint density at radius 3 is 2.59 bits per heavy atom. The first-order chi connectivity index (χ1) is 22.0. The lowest BCUT2D eigenvalue weighted by atomic mass is 9.95. The lowest BCUT2D eigenvalue weighted by molar-refractivity contribution is -0.203. The molecule has 252 valence electrons. The topological polar surface area (TPSA) is 188 Å². The van der Waals surface area contributed by atoms with Gasteiger partial charge in [0.25, 0.3) is 0 Å². The van der Waals surface area contributed by atoms with E-state index in [4.69, 9.17) is 24.5 Å². The van der Waals surface area contributed by atoms with E-state index in [2.05, 4.69) is 32.2 Å². The lowest BCUT2D eigenvalue weighted by Crippen LogP contribution is -2.50. The Bertz CT molecular complexity index is 1420. The lowest BCUT2D eigenvalue weighted by Gasteiger charge is -2.29. The van der Waals surface area contributed by atoms with Crippen LogP contribution in [0.1, 0.15) is 65.9 Å². The van der Waals surface area contributed by atoms with Crippen LogP contribution in [-0.4, -0.2) is 69.0 Å². The molecule has 14 nitrogen and oxygen atoms in total. The van der Waals surface area contributed by atoms with Gasteiger partial charge in [-0.3, -0.25) is 4.79 Å². The summed E-state index contributed by atoms with van der Waals surface area (Å²) in [4.78, 5) is 55.6. The molecule has 2 unspecified atom stereocenters. The van der Waals surface area contributed by atoms with Gasteiger partial charge in [-0.2, -0.15) is 5.43 Å². The molecule has 0 aliphatic rings. The summed E-state index contributed by atoms with van der Waals surface area (Å²) in [6, 6.07) is 9.14. The van der Waals surface area contributed by atoms with E-state index in [1.807, 2.05) is 37.3 Å². The van der Waals surface area contributed by atoms with Crippen molar-refractivity contribution in [2.75, 3.05) is 25.5 Å². The van der Waals surface area contributed by atoms with Gasteiger partial charge in [0.1, 0.15) is 11.8 Å². The number of carbonyl (C=O) groups is 2. The van der Waals surface area contributed by atoms with Crippen LogP contribution in [0.5, 0.6) is 0 Å². The molecule has 2 aromatic heterocycles. The van der Waals surface area contributed by atoms with Gasteiger partial charge < -0.3 is 29.4 Å². The van der Waals surface area contributed by atoms with Crippen molar-refractivity contribution in [3.8, 4) is 0 Å². The fourth-order valence-electron chi connectivity index (χ4n) is 4.50. The van der Waals surface area contributed by atoms with Crippen LogP contribution in [0.4, 0.5) is 5.82 Å². The monoisotopic (exact) mass is 659 g/mol. The molecular weight excluding hydrogens is 613 g/mol. The molecule has 15 heteroatoms. The molecule has 0 aliphatic heterocycles. The Labute approximate surface area is 271 Å². The van der Waals surface area contributed by atoms with Crippen molar-refractivity contribution in [1.82, 2.24) is 24.9 Å². The van der Waals surface area contributed by atoms with Crippen molar-refractivity contribution in [2.45, 2.75) is 91.1 Å². The van der Waals surface area contributed by atoms with E-state index in [1.54, 1.807) is 31.7 Å². The molecule has 0 saturated carbocycles. The number of esters is 2. The van der Waals surface area contributed by atoms with Crippen LogP contribution >= 0.6 is 8.17 Å².